The van der Waals surface area contributed by atoms with Gasteiger partial charge in [0.25, 0.3) is 0 Å². The fraction of sp³-hybridized carbons (Fsp3) is 0.278. The Kier molecular flexibility index (Phi) is 4.83. The van der Waals surface area contributed by atoms with Gasteiger partial charge in [0.15, 0.2) is 11.5 Å². The molecule has 1 N–H and O–H groups in total. The van der Waals surface area contributed by atoms with E-state index in [-0.39, 0.29) is 23.8 Å². The maximum atomic E-state index is 12.5. The van der Waals surface area contributed by atoms with Gasteiger partial charge in [0, 0.05) is 35.2 Å². The monoisotopic (exact) mass is 452 g/mol. The van der Waals surface area contributed by atoms with E-state index in [0.717, 1.165) is 4.47 Å². The first-order valence-corrected chi connectivity index (χ1v) is 10.7. The molecule has 2 heterocycles. The van der Waals surface area contributed by atoms with Crippen LogP contribution in [0.3, 0.4) is 0 Å². The standard InChI is InChI=1S/C18H17BrN2O5S/c19-12-1-4-15(5-2-12)27(23,24)20-13-9-18(22)21(11-13)14-3-6-16-17(10-14)26-8-7-25-16/h1-6,10,13,20H,7-9,11H2. The SMILES string of the molecule is O=C1CC(NS(=O)(=O)c2ccc(Br)cc2)CN1c1ccc2c(c1)OCCO2. The Hall–Kier alpha value is -2.10. The maximum Gasteiger partial charge on any atom is 0.240 e. The van der Waals surface area contributed by atoms with Crippen LogP contribution in [0.2, 0.25) is 0 Å². The number of sulfonamides is 1. The predicted octanol–water partition coefficient (Wildman–Crippen LogP) is 2.30. The van der Waals surface area contributed by atoms with Crippen molar-refractivity contribution < 1.29 is 22.7 Å². The van der Waals surface area contributed by atoms with Crippen LogP contribution in [0.5, 0.6) is 11.5 Å². The summed E-state index contributed by atoms with van der Waals surface area (Å²) in [4.78, 5) is 14.2. The van der Waals surface area contributed by atoms with Crippen LogP contribution in [0.1, 0.15) is 6.42 Å². The number of hydrogen-bond donors (Lipinski definition) is 1. The van der Waals surface area contributed by atoms with E-state index >= 15 is 0 Å². The molecule has 0 aliphatic carbocycles. The van der Waals surface area contributed by atoms with Gasteiger partial charge in [-0.3, -0.25) is 4.79 Å². The zero-order chi connectivity index (χ0) is 19.0. The number of benzene rings is 2. The number of ether oxygens (including phenoxy) is 2. The first-order valence-electron chi connectivity index (χ1n) is 8.40. The Morgan fingerprint density at radius 1 is 1.04 bits per heavy atom. The van der Waals surface area contributed by atoms with E-state index in [0.29, 0.717) is 30.4 Å². The second-order valence-corrected chi connectivity index (χ2v) is 8.94. The number of rotatable bonds is 4. The smallest absolute Gasteiger partial charge is 0.240 e. The Morgan fingerprint density at radius 2 is 1.74 bits per heavy atom. The van der Waals surface area contributed by atoms with Crippen molar-refractivity contribution in [2.75, 3.05) is 24.7 Å². The molecule has 1 saturated heterocycles. The second kappa shape index (κ2) is 7.14. The van der Waals surface area contributed by atoms with E-state index in [4.69, 9.17) is 9.47 Å². The molecule has 0 bridgehead atoms. The van der Waals surface area contributed by atoms with Gasteiger partial charge in [-0.25, -0.2) is 13.1 Å². The Labute approximate surface area is 165 Å². The van der Waals surface area contributed by atoms with Crippen LogP contribution in [0, 0.1) is 0 Å². The number of anilines is 1. The molecule has 0 radical (unpaired) electrons. The summed E-state index contributed by atoms with van der Waals surface area (Å²) in [5.74, 6) is 1.09. The summed E-state index contributed by atoms with van der Waals surface area (Å²) in [5, 5.41) is 0. The van der Waals surface area contributed by atoms with Crippen LogP contribution in [0.15, 0.2) is 51.8 Å². The van der Waals surface area contributed by atoms with E-state index in [1.807, 2.05) is 0 Å². The van der Waals surface area contributed by atoms with Gasteiger partial charge in [-0.2, -0.15) is 0 Å². The third-order valence-corrected chi connectivity index (χ3v) is 6.47. The van der Waals surface area contributed by atoms with Gasteiger partial charge in [-0.05, 0) is 36.4 Å². The van der Waals surface area contributed by atoms with Crippen LogP contribution in [0.25, 0.3) is 0 Å². The minimum Gasteiger partial charge on any atom is -0.486 e. The third-order valence-electron chi connectivity index (χ3n) is 4.41. The molecule has 0 spiro atoms. The highest BCUT2D eigenvalue weighted by Crippen LogP contribution is 2.35. The van der Waals surface area contributed by atoms with Crippen LogP contribution in [-0.2, 0) is 14.8 Å². The van der Waals surface area contributed by atoms with Gasteiger partial charge < -0.3 is 14.4 Å². The Balaban J connectivity index is 1.50. The molecule has 2 aliphatic heterocycles. The second-order valence-electron chi connectivity index (χ2n) is 6.31. The topological polar surface area (TPSA) is 84.9 Å². The average molecular weight is 453 g/mol. The first kappa shape index (κ1) is 18.3. The Bertz CT molecular complexity index is 978. The van der Waals surface area contributed by atoms with Crippen LogP contribution >= 0.6 is 15.9 Å². The molecule has 1 atom stereocenters. The number of fused-ring (bicyclic) bond motifs is 1. The summed E-state index contributed by atoms with van der Waals surface area (Å²) in [7, 11) is -3.70. The Morgan fingerprint density at radius 3 is 2.48 bits per heavy atom. The van der Waals surface area contributed by atoms with Crippen molar-refractivity contribution in [1.82, 2.24) is 4.72 Å². The molecule has 1 unspecified atom stereocenters. The first-order chi connectivity index (χ1) is 12.9. The summed E-state index contributed by atoms with van der Waals surface area (Å²) in [6.07, 6.45) is 0.101. The van der Waals surface area contributed by atoms with Crippen molar-refractivity contribution in [3.8, 4) is 11.5 Å². The summed E-state index contributed by atoms with van der Waals surface area (Å²) in [6, 6.07) is 11.1. The largest absolute Gasteiger partial charge is 0.486 e. The number of nitrogens with zero attached hydrogens (tertiary/aromatic N) is 1. The van der Waals surface area contributed by atoms with Crippen molar-refractivity contribution >= 4 is 37.5 Å². The lowest BCUT2D eigenvalue weighted by atomic mass is 10.2. The van der Waals surface area contributed by atoms with Crippen molar-refractivity contribution in [2.45, 2.75) is 17.4 Å². The van der Waals surface area contributed by atoms with Crippen molar-refractivity contribution in [3.63, 3.8) is 0 Å². The molecule has 0 aromatic heterocycles. The molecule has 2 aromatic rings. The molecule has 2 aliphatic rings. The van der Waals surface area contributed by atoms with Crippen molar-refractivity contribution in [3.05, 3.63) is 46.9 Å². The van der Waals surface area contributed by atoms with Crippen LogP contribution in [-0.4, -0.2) is 40.1 Å². The van der Waals surface area contributed by atoms with Gasteiger partial charge in [0.2, 0.25) is 15.9 Å². The van der Waals surface area contributed by atoms with E-state index < -0.39 is 16.1 Å². The molecule has 1 amide bonds. The van der Waals surface area contributed by atoms with Crippen molar-refractivity contribution in [1.29, 1.82) is 0 Å². The van der Waals surface area contributed by atoms with Gasteiger partial charge in [0.05, 0.1) is 4.90 Å². The summed E-state index contributed by atoms with van der Waals surface area (Å²) < 4.78 is 39.6. The zero-order valence-electron chi connectivity index (χ0n) is 14.2. The number of carbonyl (C=O) groups is 1. The molecule has 142 valence electrons. The highest BCUT2D eigenvalue weighted by atomic mass is 79.9. The fourth-order valence-electron chi connectivity index (χ4n) is 3.14. The van der Waals surface area contributed by atoms with E-state index in [1.165, 1.54) is 12.1 Å². The summed E-state index contributed by atoms with van der Waals surface area (Å²) in [5.41, 5.74) is 0.662. The molecule has 7 nitrogen and oxygen atoms in total. The number of amides is 1. The lowest BCUT2D eigenvalue weighted by Crippen LogP contribution is -2.37. The van der Waals surface area contributed by atoms with Gasteiger partial charge in [-0.15, -0.1) is 0 Å². The number of halogens is 1. The predicted molar refractivity (Wildman–Crippen MR) is 103 cm³/mol. The number of carbonyl (C=O) groups excluding carboxylic acids is 1. The molecule has 0 saturated carbocycles. The van der Waals surface area contributed by atoms with Gasteiger partial charge in [-0.1, -0.05) is 15.9 Å². The molecule has 4 rings (SSSR count). The summed E-state index contributed by atoms with van der Waals surface area (Å²) in [6.45, 7) is 1.21. The van der Waals surface area contributed by atoms with Crippen LogP contribution in [0.4, 0.5) is 5.69 Å². The lowest BCUT2D eigenvalue weighted by Gasteiger charge is -2.22. The van der Waals surface area contributed by atoms with Crippen molar-refractivity contribution in [2.24, 2.45) is 0 Å². The maximum absolute atomic E-state index is 12.5. The summed E-state index contributed by atoms with van der Waals surface area (Å²) >= 11 is 3.28. The van der Waals surface area contributed by atoms with E-state index in [2.05, 4.69) is 20.7 Å². The molecule has 2 aromatic carbocycles. The highest BCUT2D eigenvalue weighted by Gasteiger charge is 2.34. The molecule has 9 heteroatoms. The zero-order valence-corrected chi connectivity index (χ0v) is 16.6. The highest BCUT2D eigenvalue weighted by molar-refractivity contribution is 9.10. The van der Waals surface area contributed by atoms with E-state index in [9.17, 15) is 13.2 Å². The average Bonchev–Trinajstić information content (AvgIpc) is 3.01. The minimum atomic E-state index is -3.70. The third kappa shape index (κ3) is 3.80. The minimum absolute atomic E-state index is 0.101. The molecule has 27 heavy (non-hydrogen) atoms. The molecule has 1 fully saturated rings. The number of hydrogen-bond acceptors (Lipinski definition) is 5. The normalized spacial score (nSPS) is 19.4. The molecular weight excluding hydrogens is 436 g/mol. The fourth-order valence-corrected chi connectivity index (χ4v) is 4.63. The van der Waals surface area contributed by atoms with E-state index in [1.54, 1.807) is 35.2 Å². The quantitative estimate of drug-likeness (QED) is 0.768. The number of nitrogens with one attached hydrogen (secondary N) is 1. The molecular formula is C18H17BrN2O5S. The van der Waals surface area contributed by atoms with Gasteiger partial charge in [0.1, 0.15) is 13.2 Å². The van der Waals surface area contributed by atoms with Gasteiger partial charge >= 0.3 is 0 Å². The lowest BCUT2D eigenvalue weighted by molar-refractivity contribution is -0.117. The van der Waals surface area contributed by atoms with Crippen LogP contribution < -0.4 is 19.1 Å².